The molecule has 4 heteroatoms. The maximum absolute atomic E-state index is 11.1. The maximum atomic E-state index is 11.1. The summed E-state index contributed by atoms with van der Waals surface area (Å²) in [7, 11) is 0. The van der Waals surface area contributed by atoms with Crippen molar-refractivity contribution in [1.82, 2.24) is 0 Å². The molecule has 0 bridgehead atoms. The Labute approximate surface area is 83.4 Å². The van der Waals surface area contributed by atoms with E-state index in [-0.39, 0.29) is 5.78 Å². The zero-order valence-electron chi connectivity index (χ0n) is 6.58. The molecular weight excluding hydrogens is 240 g/mol. The maximum Gasteiger partial charge on any atom is 0.166 e. The van der Waals surface area contributed by atoms with E-state index in [0.717, 1.165) is 8.66 Å². The van der Waals surface area contributed by atoms with E-state index in [4.69, 9.17) is 5.11 Å². The fourth-order valence-corrected chi connectivity index (χ4v) is 2.26. The normalized spacial score (nSPS) is 12.9. The van der Waals surface area contributed by atoms with Gasteiger partial charge in [0.1, 0.15) is 6.10 Å². The lowest BCUT2D eigenvalue weighted by molar-refractivity contribution is -0.125. The van der Waals surface area contributed by atoms with Gasteiger partial charge in [-0.25, -0.2) is 0 Å². The van der Waals surface area contributed by atoms with E-state index in [1.165, 1.54) is 18.3 Å². The van der Waals surface area contributed by atoms with Gasteiger partial charge in [0.25, 0.3) is 0 Å². The first-order valence-corrected chi connectivity index (χ1v) is 5.15. The summed E-state index contributed by atoms with van der Waals surface area (Å²) in [6.45, 7) is 1.49. The molecule has 0 aliphatic rings. The molecule has 1 heterocycles. The van der Waals surface area contributed by atoms with Crippen molar-refractivity contribution in [2.24, 2.45) is 0 Å². The minimum absolute atomic E-state index is 0.135. The summed E-state index contributed by atoms with van der Waals surface area (Å²) < 4.78 is 1.01. The van der Waals surface area contributed by atoms with Crippen LogP contribution in [-0.2, 0) is 11.2 Å². The van der Waals surface area contributed by atoms with Gasteiger partial charge in [-0.05, 0) is 35.0 Å². The standard InChI is InChI=1S/C8H9BrO2S/c1-5(10)7(11)4-6-2-3-8(9)12-6/h2-3,5,10H,4H2,1H3. The molecule has 12 heavy (non-hydrogen) atoms. The van der Waals surface area contributed by atoms with Crippen LogP contribution in [0.3, 0.4) is 0 Å². The number of halogens is 1. The smallest absolute Gasteiger partial charge is 0.166 e. The highest BCUT2D eigenvalue weighted by Gasteiger charge is 2.10. The van der Waals surface area contributed by atoms with Gasteiger partial charge < -0.3 is 5.11 Å². The number of aliphatic hydroxyl groups excluding tert-OH is 1. The Hall–Kier alpha value is -0.190. The van der Waals surface area contributed by atoms with E-state index in [0.29, 0.717) is 6.42 Å². The van der Waals surface area contributed by atoms with Crippen molar-refractivity contribution in [1.29, 1.82) is 0 Å². The first kappa shape index (κ1) is 9.89. The van der Waals surface area contributed by atoms with E-state index in [1.807, 2.05) is 12.1 Å². The van der Waals surface area contributed by atoms with Crippen LogP contribution in [0, 0.1) is 0 Å². The average Bonchev–Trinajstić information content (AvgIpc) is 2.35. The van der Waals surface area contributed by atoms with Gasteiger partial charge in [0.15, 0.2) is 5.78 Å². The Bertz CT molecular complexity index is 280. The molecule has 0 aliphatic carbocycles. The van der Waals surface area contributed by atoms with Crippen LogP contribution in [0.4, 0.5) is 0 Å². The molecule has 1 rings (SSSR count). The SMILES string of the molecule is CC(O)C(=O)Cc1ccc(Br)s1. The average molecular weight is 249 g/mol. The van der Waals surface area contributed by atoms with Crippen molar-refractivity contribution in [3.63, 3.8) is 0 Å². The van der Waals surface area contributed by atoms with Crippen molar-refractivity contribution >= 4 is 33.0 Å². The Balaban J connectivity index is 2.58. The molecule has 0 aliphatic heterocycles. The summed E-state index contributed by atoms with van der Waals surface area (Å²) in [5.74, 6) is -0.135. The summed E-state index contributed by atoms with van der Waals surface area (Å²) in [5.41, 5.74) is 0. The van der Waals surface area contributed by atoms with Crippen molar-refractivity contribution < 1.29 is 9.90 Å². The molecular formula is C8H9BrO2S. The Morgan fingerprint density at radius 2 is 2.42 bits per heavy atom. The molecule has 0 amide bonds. The van der Waals surface area contributed by atoms with Gasteiger partial charge in [-0.2, -0.15) is 0 Å². The Kier molecular flexibility index (Phi) is 3.43. The zero-order valence-corrected chi connectivity index (χ0v) is 8.98. The van der Waals surface area contributed by atoms with Gasteiger partial charge in [-0.3, -0.25) is 4.79 Å². The van der Waals surface area contributed by atoms with Crippen LogP contribution in [0.25, 0.3) is 0 Å². The number of hydrogen-bond acceptors (Lipinski definition) is 3. The fourth-order valence-electron chi connectivity index (χ4n) is 0.766. The number of rotatable bonds is 3. The Morgan fingerprint density at radius 1 is 1.75 bits per heavy atom. The van der Waals surface area contributed by atoms with Crippen LogP contribution < -0.4 is 0 Å². The van der Waals surface area contributed by atoms with Crippen LogP contribution >= 0.6 is 27.3 Å². The van der Waals surface area contributed by atoms with Crippen molar-refractivity contribution in [3.8, 4) is 0 Å². The second kappa shape index (κ2) is 4.16. The number of thiophene rings is 1. The summed E-state index contributed by atoms with van der Waals surface area (Å²) in [6.07, 6.45) is -0.528. The molecule has 0 fully saturated rings. The number of ketones is 1. The summed E-state index contributed by atoms with van der Waals surface area (Å²) in [5, 5.41) is 8.93. The van der Waals surface area contributed by atoms with Crippen molar-refractivity contribution in [3.05, 3.63) is 20.8 Å². The van der Waals surface area contributed by atoms with Crippen LogP contribution in [-0.4, -0.2) is 17.0 Å². The molecule has 1 N–H and O–H groups in total. The van der Waals surface area contributed by atoms with Crippen molar-refractivity contribution in [2.45, 2.75) is 19.4 Å². The lowest BCUT2D eigenvalue weighted by Crippen LogP contribution is -2.17. The third-order valence-corrected chi connectivity index (χ3v) is 3.07. The van der Waals surface area contributed by atoms with Gasteiger partial charge >= 0.3 is 0 Å². The van der Waals surface area contributed by atoms with E-state index < -0.39 is 6.10 Å². The van der Waals surface area contributed by atoms with Crippen LogP contribution in [0.2, 0.25) is 0 Å². The van der Waals surface area contributed by atoms with E-state index in [1.54, 1.807) is 0 Å². The second-order valence-electron chi connectivity index (χ2n) is 2.52. The topological polar surface area (TPSA) is 37.3 Å². The van der Waals surface area contributed by atoms with E-state index >= 15 is 0 Å². The predicted octanol–water partition coefficient (Wildman–Crippen LogP) is 2.00. The highest BCUT2D eigenvalue weighted by molar-refractivity contribution is 9.11. The van der Waals surface area contributed by atoms with Gasteiger partial charge in [-0.15, -0.1) is 11.3 Å². The van der Waals surface area contributed by atoms with Crippen LogP contribution in [0.15, 0.2) is 15.9 Å². The lowest BCUT2D eigenvalue weighted by atomic mass is 10.2. The quantitative estimate of drug-likeness (QED) is 0.889. The number of carbonyl (C=O) groups is 1. The molecule has 1 atom stereocenters. The fraction of sp³-hybridized carbons (Fsp3) is 0.375. The number of hydrogen-bond donors (Lipinski definition) is 1. The van der Waals surface area contributed by atoms with Gasteiger partial charge in [0.2, 0.25) is 0 Å². The minimum atomic E-state index is -0.856. The molecule has 1 aromatic rings. The monoisotopic (exact) mass is 248 g/mol. The summed E-state index contributed by atoms with van der Waals surface area (Å²) >= 11 is 4.82. The van der Waals surface area contributed by atoms with E-state index in [9.17, 15) is 4.79 Å². The van der Waals surface area contributed by atoms with E-state index in [2.05, 4.69) is 15.9 Å². The number of Topliss-reactive ketones (excluding diaryl/α,β-unsaturated/α-hetero) is 1. The molecule has 1 unspecified atom stereocenters. The lowest BCUT2D eigenvalue weighted by Gasteiger charge is -1.99. The van der Waals surface area contributed by atoms with Crippen LogP contribution in [0.5, 0.6) is 0 Å². The molecule has 0 radical (unpaired) electrons. The molecule has 1 aromatic heterocycles. The van der Waals surface area contributed by atoms with Gasteiger partial charge in [-0.1, -0.05) is 0 Å². The highest BCUT2D eigenvalue weighted by Crippen LogP contribution is 2.22. The number of aliphatic hydroxyl groups is 1. The summed E-state index contributed by atoms with van der Waals surface area (Å²) in [6, 6.07) is 3.78. The predicted molar refractivity (Wildman–Crippen MR) is 52.4 cm³/mol. The highest BCUT2D eigenvalue weighted by atomic mass is 79.9. The first-order chi connectivity index (χ1) is 5.59. The number of carbonyl (C=O) groups excluding carboxylic acids is 1. The Morgan fingerprint density at radius 3 is 2.83 bits per heavy atom. The van der Waals surface area contributed by atoms with Gasteiger partial charge in [0.05, 0.1) is 3.79 Å². The third kappa shape index (κ3) is 2.69. The first-order valence-electron chi connectivity index (χ1n) is 3.54. The molecule has 0 spiro atoms. The van der Waals surface area contributed by atoms with Crippen LogP contribution in [0.1, 0.15) is 11.8 Å². The molecule has 2 nitrogen and oxygen atoms in total. The zero-order chi connectivity index (χ0) is 9.14. The molecule has 66 valence electrons. The molecule has 0 aromatic carbocycles. The largest absolute Gasteiger partial charge is 0.386 e. The molecule has 0 saturated heterocycles. The molecule has 0 saturated carbocycles. The summed E-state index contributed by atoms with van der Waals surface area (Å²) in [4.78, 5) is 12.0. The minimum Gasteiger partial charge on any atom is -0.386 e. The van der Waals surface area contributed by atoms with Gasteiger partial charge in [0, 0.05) is 11.3 Å². The second-order valence-corrected chi connectivity index (χ2v) is 5.07. The third-order valence-electron chi connectivity index (χ3n) is 1.44. The van der Waals surface area contributed by atoms with Crippen molar-refractivity contribution in [2.75, 3.05) is 0 Å².